The van der Waals surface area contributed by atoms with Crippen molar-refractivity contribution in [1.82, 2.24) is 25.6 Å². The van der Waals surface area contributed by atoms with Gasteiger partial charge in [-0.15, -0.1) is 0 Å². The second-order valence-electron chi connectivity index (χ2n) is 4.61. The van der Waals surface area contributed by atoms with Crippen molar-refractivity contribution in [2.24, 2.45) is 0 Å². The lowest BCUT2D eigenvalue weighted by Crippen LogP contribution is -2.15. The van der Waals surface area contributed by atoms with E-state index in [-0.39, 0.29) is 11.6 Å². The number of hydrogen-bond acceptors (Lipinski definition) is 7. The number of benzene rings is 1. The van der Waals surface area contributed by atoms with Crippen molar-refractivity contribution >= 4 is 17.5 Å². The molecule has 0 spiro atoms. The molecular formula is C14H13N7O2. The van der Waals surface area contributed by atoms with Crippen molar-refractivity contribution in [2.45, 2.75) is 0 Å². The summed E-state index contributed by atoms with van der Waals surface area (Å²) in [6.45, 7) is 0. The first-order valence-corrected chi connectivity index (χ1v) is 6.63. The van der Waals surface area contributed by atoms with Crippen LogP contribution >= 0.6 is 0 Å². The summed E-state index contributed by atoms with van der Waals surface area (Å²) in [5.74, 6) is 0.163. The number of nitrogen functional groups attached to an aromatic ring is 1. The third-order valence-electron chi connectivity index (χ3n) is 3.03. The highest BCUT2D eigenvalue weighted by Crippen LogP contribution is 2.24. The predicted molar refractivity (Wildman–Crippen MR) is 82.8 cm³/mol. The summed E-state index contributed by atoms with van der Waals surface area (Å²) in [7, 11) is 1.51. The van der Waals surface area contributed by atoms with Gasteiger partial charge in [0.1, 0.15) is 11.4 Å². The number of pyridine rings is 1. The molecule has 0 aliphatic carbocycles. The number of rotatable bonds is 4. The van der Waals surface area contributed by atoms with Gasteiger partial charge < -0.3 is 10.5 Å². The van der Waals surface area contributed by atoms with Crippen LogP contribution in [0.2, 0.25) is 0 Å². The molecule has 4 N–H and O–H groups in total. The van der Waals surface area contributed by atoms with Crippen molar-refractivity contribution in [1.29, 1.82) is 0 Å². The Bertz CT molecular complexity index is 833. The van der Waals surface area contributed by atoms with Crippen molar-refractivity contribution in [2.75, 3.05) is 18.2 Å². The smallest absolute Gasteiger partial charge is 0.276 e. The van der Waals surface area contributed by atoms with Crippen LogP contribution in [-0.4, -0.2) is 38.6 Å². The number of amides is 1. The Kier molecular flexibility index (Phi) is 3.83. The number of carbonyl (C=O) groups excluding carboxylic acids is 1. The Balaban J connectivity index is 1.97. The van der Waals surface area contributed by atoms with Gasteiger partial charge >= 0.3 is 0 Å². The molecule has 0 saturated carbocycles. The fourth-order valence-electron chi connectivity index (χ4n) is 1.97. The van der Waals surface area contributed by atoms with Gasteiger partial charge in [0.25, 0.3) is 5.91 Å². The number of aromatic nitrogens is 5. The predicted octanol–water partition coefficient (Wildman–Crippen LogP) is 1.10. The largest absolute Gasteiger partial charge is 0.497 e. The average Bonchev–Trinajstić information content (AvgIpc) is 3.07. The van der Waals surface area contributed by atoms with Crippen LogP contribution in [0.1, 0.15) is 10.5 Å². The number of H-pyrrole nitrogens is 1. The fourth-order valence-corrected chi connectivity index (χ4v) is 1.97. The number of aromatic amines is 1. The maximum Gasteiger partial charge on any atom is 0.276 e. The zero-order chi connectivity index (χ0) is 16.2. The van der Waals surface area contributed by atoms with Crippen LogP contribution in [0.4, 0.5) is 11.6 Å². The summed E-state index contributed by atoms with van der Waals surface area (Å²) in [4.78, 5) is 16.6. The topological polar surface area (TPSA) is 132 Å². The van der Waals surface area contributed by atoms with E-state index in [0.717, 1.165) is 5.56 Å². The summed E-state index contributed by atoms with van der Waals surface area (Å²) in [6, 6.07) is 10.4. The summed E-state index contributed by atoms with van der Waals surface area (Å²) >= 11 is 0. The lowest BCUT2D eigenvalue weighted by molar-refractivity contribution is 0.102. The average molecular weight is 311 g/mol. The van der Waals surface area contributed by atoms with E-state index in [2.05, 4.69) is 30.9 Å². The summed E-state index contributed by atoms with van der Waals surface area (Å²) in [5, 5.41) is 15.3. The summed E-state index contributed by atoms with van der Waals surface area (Å²) in [6.07, 6.45) is 0. The number of methoxy groups -OCH3 is 1. The van der Waals surface area contributed by atoms with Crippen LogP contribution in [0.25, 0.3) is 11.3 Å². The highest BCUT2D eigenvalue weighted by molar-refractivity contribution is 6.02. The van der Waals surface area contributed by atoms with E-state index >= 15 is 0 Å². The minimum atomic E-state index is -0.465. The first kappa shape index (κ1) is 14.4. The molecule has 3 rings (SSSR count). The maximum absolute atomic E-state index is 12.3. The highest BCUT2D eigenvalue weighted by Gasteiger charge is 2.14. The van der Waals surface area contributed by atoms with Gasteiger partial charge in [0, 0.05) is 23.4 Å². The van der Waals surface area contributed by atoms with Gasteiger partial charge in [-0.05, 0) is 22.6 Å². The molecule has 3 aromatic rings. The van der Waals surface area contributed by atoms with Gasteiger partial charge in [-0.2, -0.15) is 0 Å². The van der Waals surface area contributed by atoms with Gasteiger partial charge in [0.2, 0.25) is 5.95 Å². The molecular weight excluding hydrogens is 298 g/mol. The Morgan fingerprint density at radius 1 is 1.30 bits per heavy atom. The SMILES string of the molecule is COc1cc(C(=O)Nc2nnn[nH]2)nc(-c2cccc(N)c2)c1. The molecule has 0 fully saturated rings. The number of tetrazole rings is 1. The number of ether oxygens (including phenoxy) is 1. The summed E-state index contributed by atoms with van der Waals surface area (Å²) in [5.41, 5.74) is 7.90. The molecule has 116 valence electrons. The van der Waals surface area contributed by atoms with E-state index in [1.165, 1.54) is 13.2 Å². The third-order valence-corrected chi connectivity index (χ3v) is 3.03. The number of carbonyl (C=O) groups is 1. The summed E-state index contributed by atoms with van der Waals surface area (Å²) < 4.78 is 5.23. The van der Waals surface area contributed by atoms with Gasteiger partial charge in [-0.25, -0.2) is 10.1 Å². The van der Waals surface area contributed by atoms with E-state index < -0.39 is 5.91 Å². The molecule has 1 aromatic carbocycles. The third kappa shape index (κ3) is 3.23. The van der Waals surface area contributed by atoms with Crippen LogP contribution in [0.3, 0.4) is 0 Å². The molecule has 0 aliphatic rings. The standard InChI is InChI=1S/C14H13N7O2/c1-23-10-6-11(8-3-2-4-9(15)5-8)16-12(7-10)13(22)17-14-18-20-21-19-14/h2-7H,15H2,1H3,(H2,17,18,19,20,21,22). The van der Waals surface area contributed by atoms with Crippen LogP contribution in [0, 0.1) is 0 Å². The molecule has 2 aromatic heterocycles. The van der Waals surface area contributed by atoms with Crippen LogP contribution in [-0.2, 0) is 0 Å². The van der Waals surface area contributed by atoms with E-state index in [4.69, 9.17) is 10.5 Å². The lowest BCUT2D eigenvalue weighted by Gasteiger charge is -2.08. The molecule has 0 unspecified atom stereocenters. The Labute approximate surface area is 130 Å². The Morgan fingerprint density at radius 3 is 2.87 bits per heavy atom. The van der Waals surface area contributed by atoms with Crippen LogP contribution < -0.4 is 15.8 Å². The van der Waals surface area contributed by atoms with Gasteiger partial charge in [0.05, 0.1) is 12.8 Å². The molecule has 0 atom stereocenters. The molecule has 0 saturated heterocycles. The first-order valence-electron chi connectivity index (χ1n) is 6.63. The molecule has 0 aliphatic heterocycles. The first-order chi connectivity index (χ1) is 11.2. The Morgan fingerprint density at radius 2 is 2.17 bits per heavy atom. The minimum Gasteiger partial charge on any atom is -0.497 e. The van der Waals surface area contributed by atoms with Gasteiger partial charge in [0.15, 0.2) is 0 Å². The van der Waals surface area contributed by atoms with Crippen molar-refractivity contribution in [3.05, 3.63) is 42.1 Å². The number of nitrogens with zero attached hydrogens (tertiary/aromatic N) is 4. The lowest BCUT2D eigenvalue weighted by atomic mass is 10.1. The van der Waals surface area contributed by atoms with Crippen molar-refractivity contribution < 1.29 is 9.53 Å². The zero-order valence-corrected chi connectivity index (χ0v) is 12.1. The van der Waals surface area contributed by atoms with E-state index in [1.807, 2.05) is 12.1 Å². The fraction of sp³-hybridized carbons (Fsp3) is 0.0714. The quantitative estimate of drug-likeness (QED) is 0.615. The van der Waals surface area contributed by atoms with E-state index in [0.29, 0.717) is 17.1 Å². The second-order valence-corrected chi connectivity index (χ2v) is 4.61. The van der Waals surface area contributed by atoms with E-state index in [1.54, 1.807) is 18.2 Å². The van der Waals surface area contributed by atoms with E-state index in [9.17, 15) is 4.79 Å². The molecule has 0 bridgehead atoms. The molecule has 1 amide bonds. The van der Waals surface area contributed by atoms with Crippen LogP contribution in [0.5, 0.6) is 5.75 Å². The van der Waals surface area contributed by atoms with Crippen LogP contribution in [0.15, 0.2) is 36.4 Å². The van der Waals surface area contributed by atoms with Gasteiger partial charge in [-0.1, -0.05) is 17.2 Å². The number of anilines is 2. The number of nitrogens with one attached hydrogen (secondary N) is 2. The normalized spacial score (nSPS) is 10.3. The van der Waals surface area contributed by atoms with Gasteiger partial charge in [-0.3, -0.25) is 10.1 Å². The highest BCUT2D eigenvalue weighted by atomic mass is 16.5. The van der Waals surface area contributed by atoms with Crippen molar-refractivity contribution in [3.63, 3.8) is 0 Å². The zero-order valence-electron chi connectivity index (χ0n) is 12.1. The number of nitrogens with two attached hydrogens (primary N) is 1. The monoisotopic (exact) mass is 311 g/mol. The minimum absolute atomic E-state index is 0.130. The van der Waals surface area contributed by atoms with Crippen molar-refractivity contribution in [3.8, 4) is 17.0 Å². The molecule has 9 nitrogen and oxygen atoms in total. The molecule has 9 heteroatoms. The molecule has 0 radical (unpaired) electrons. The second kappa shape index (κ2) is 6.10. The maximum atomic E-state index is 12.3. The molecule has 2 heterocycles. The number of hydrogen-bond donors (Lipinski definition) is 3. The molecule has 23 heavy (non-hydrogen) atoms. The Hall–Kier alpha value is -3.49.